The molecule has 0 aliphatic heterocycles. The second-order valence-electron chi connectivity index (χ2n) is 5.90. The van der Waals surface area contributed by atoms with Crippen molar-refractivity contribution in [1.29, 1.82) is 0 Å². The van der Waals surface area contributed by atoms with Crippen LogP contribution in [-0.4, -0.2) is 19.7 Å². The highest BCUT2D eigenvalue weighted by Crippen LogP contribution is 2.38. The first-order valence-electron chi connectivity index (χ1n) is 7.77. The van der Waals surface area contributed by atoms with Crippen molar-refractivity contribution >= 4 is 16.9 Å². The Labute approximate surface area is 129 Å². The van der Waals surface area contributed by atoms with Crippen molar-refractivity contribution in [3.63, 3.8) is 0 Å². The average molecular weight is 293 g/mol. The number of anilines is 1. The van der Waals surface area contributed by atoms with Crippen molar-refractivity contribution in [2.45, 2.75) is 31.7 Å². The second-order valence-corrected chi connectivity index (χ2v) is 5.90. The fraction of sp³-hybridized carbons (Fsp3) is 0.353. The van der Waals surface area contributed by atoms with Crippen LogP contribution in [0.1, 0.15) is 36.3 Å². The highest BCUT2D eigenvalue weighted by molar-refractivity contribution is 5.84. The standard InChI is InChI=1S/C17H19N5/c1-22-16-15(10-21-22)19-11-20-17(16)18-9-13-5-2-3-8-14(13)12-6-4-7-12/h2-3,5,8,10-12H,4,6-7,9H2,1H3,(H,18,19,20). The second kappa shape index (κ2) is 5.40. The Morgan fingerprint density at radius 2 is 2.09 bits per heavy atom. The summed E-state index contributed by atoms with van der Waals surface area (Å²) in [5.74, 6) is 1.58. The summed E-state index contributed by atoms with van der Waals surface area (Å²) in [6.45, 7) is 0.782. The van der Waals surface area contributed by atoms with E-state index in [1.807, 2.05) is 11.7 Å². The van der Waals surface area contributed by atoms with Crippen molar-refractivity contribution < 1.29 is 0 Å². The number of fused-ring (bicyclic) bond motifs is 1. The molecule has 4 rings (SSSR count). The number of hydrogen-bond acceptors (Lipinski definition) is 4. The molecule has 2 heterocycles. The van der Waals surface area contributed by atoms with Crippen molar-refractivity contribution in [3.05, 3.63) is 47.9 Å². The third kappa shape index (κ3) is 2.22. The first kappa shape index (κ1) is 13.2. The van der Waals surface area contributed by atoms with Gasteiger partial charge in [-0.2, -0.15) is 5.10 Å². The van der Waals surface area contributed by atoms with Crippen LogP contribution in [0.4, 0.5) is 5.82 Å². The number of nitrogens with one attached hydrogen (secondary N) is 1. The lowest BCUT2D eigenvalue weighted by molar-refractivity contribution is 0.417. The van der Waals surface area contributed by atoms with Crippen LogP contribution < -0.4 is 5.32 Å². The van der Waals surface area contributed by atoms with Crippen LogP contribution in [-0.2, 0) is 13.6 Å². The van der Waals surface area contributed by atoms with Gasteiger partial charge in [-0.25, -0.2) is 9.97 Å². The molecule has 2 aromatic heterocycles. The summed E-state index contributed by atoms with van der Waals surface area (Å²) < 4.78 is 1.81. The lowest BCUT2D eigenvalue weighted by Crippen LogP contribution is -2.13. The number of hydrogen-bond donors (Lipinski definition) is 1. The van der Waals surface area contributed by atoms with Crippen LogP contribution >= 0.6 is 0 Å². The Morgan fingerprint density at radius 3 is 2.91 bits per heavy atom. The zero-order valence-electron chi connectivity index (χ0n) is 12.7. The average Bonchev–Trinajstić information content (AvgIpc) is 2.87. The normalized spacial score (nSPS) is 15.0. The molecule has 1 fully saturated rings. The molecule has 1 aliphatic carbocycles. The van der Waals surface area contributed by atoms with Crippen molar-refractivity contribution in [2.75, 3.05) is 5.32 Å². The Balaban J connectivity index is 1.61. The minimum Gasteiger partial charge on any atom is -0.364 e. The van der Waals surface area contributed by atoms with E-state index in [-0.39, 0.29) is 0 Å². The Hall–Kier alpha value is -2.43. The van der Waals surface area contributed by atoms with Gasteiger partial charge in [-0.1, -0.05) is 30.7 Å². The quantitative estimate of drug-likeness (QED) is 0.802. The molecule has 1 aromatic carbocycles. The van der Waals surface area contributed by atoms with Gasteiger partial charge in [0.15, 0.2) is 5.82 Å². The summed E-state index contributed by atoms with van der Waals surface area (Å²) in [6.07, 6.45) is 7.34. The minimum absolute atomic E-state index is 0.736. The molecule has 5 heteroatoms. The van der Waals surface area contributed by atoms with E-state index < -0.39 is 0 Å². The van der Waals surface area contributed by atoms with Crippen LogP contribution in [0.5, 0.6) is 0 Å². The SMILES string of the molecule is Cn1ncc2ncnc(NCc3ccccc3C3CCC3)c21. The highest BCUT2D eigenvalue weighted by Gasteiger charge is 2.21. The zero-order valence-corrected chi connectivity index (χ0v) is 12.7. The number of benzene rings is 1. The van der Waals surface area contributed by atoms with Gasteiger partial charge in [0.05, 0.1) is 6.20 Å². The molecule has 3 aromatic rings. The van der Waals surface area contributed by atoms with Gasteiger partial charge in [0.1, 0.15) is 17.4 Å². The highest BCUT2D eigenvalue weighted by atomic mass is 15.3. The molecule has 0 atom stereocenters. The monoisotopic (exact) mass is 293 g/mol. The van der Waals surface area contributed by atoms with Crippen LogP contribution in [0, 0.1) is 0 Å². The molecule has 0 spiro atoms. The Kier molecular flexibility index (Phi) is 3.25. The molecule has 0 bridgehead atoms. The molecule has 0 radical (unpaired) electrons. The molecule has 112 valence electrons. The maximum atomic E-state index is 4.38. The van der Waals surface area contributed by atoms with Crippen LogP contribution in [0.3, 0.4) is 0 Å². The lowest BCUT2D eigenvalue weighted by Gasteiger charge is -2.28. The van der Waals surface area contributed by atoms with E-state index in [0.717, 1.165) is 29.3 Å². The van der Waals surface area contributed by atoms with Gasteiger partial charge >= 0.3 is 0 Å². The van der Waals surface area contributed by atoms with Crippen LogP contribution in [0.15, 0.2) is 36.8 Å². The predicted molar refractivity (Wildman–Crippen MR) is 86.7 cm³/mol. The zero-order chi connectivity index (χ0) is 14.9. The maximum absolute atomic E-state index is 4.38. The summed E-state index contributed by atoms with van der Waals surface area (Å²) in [5, 5.41) is 7.72. The fourth-order valence-corrected chi connectivity index (χ4v) is 3.13. The first-order valence-corrected chi connectivity index (χ1v) is 7.77. The fourth-order valence-electron chi connectivity index (χ4n) is 3.13. The van der Waals surface area contributed by atoms with Crippen LogP contribution in [0.25, 0.3) is 11.0 Å². The minimum atomic E-state index is 0.736. The summed E-state index contributed by atoms with van der Waals surface area (Å²) >= 11 is 0. The molecular formula is C17H19N5. The predicted octanol–water partition coefficient (Wildman–Crippen LogP) is 3.24. The third-order valence-electron chi connectivity index (χ3n) is 4.57. The molecular weight excluding hydrogens is 274 g/mol. The summed E-state index contributed by atoms with van der Waals surface area (Å²) in [7, 11) is 1.92. The van der Waals surface area contributed by atoms with E-state index in [1.54, 1.807) is 12.5 Å². The van der Waals surface area contributed by atoms with Gasteiger partial charge in [0.2, 0.25) is 0 Å². The van der Waals surface area contributed by atoms with Gasteiger partial charge in [0.25, 0.3) is 0 Å². The largest absolute Gasteiger partial charge is 0.364 e. The topological polar surface area (TPSA) is 55.6 Å². The summed E-state index contributed by atoms with van der Waals surface area (Å²) in [5.41, 5.74) is 4.66. The Bertz CT molecular complexity index is 804. The Morgan fingerprint density at radius 1 is 1.23 bits per heavy atom. The van der Waals surface area contributed by atoms with Crippen molar-refractivity contribution in [2.24, 2.45) is 7.05 Å². The van der Waals surface area contributed by atoms with E-state index in [0.29, 0.717) is 0 Å². The van der Waals surface area contributed by atoms with Gasteiger partial charge < -0.3 is 5.32 Å². The summed E-state index contributed by atoms with van der Waals surface area (Å²) in [6, 6.07) is 8.72. The number of aryl methyl sites for hydroxylation is 1. The van der Waals surface area contributed by atoms with Crippen LogP contribution in [0.2, 0.25) is 0 Å². The van der Waals surface area contributed by atoms with Gasteiger partial charge in [0, 0.05) is 13.6 Å². The van der Waals surface area contributed by atoms with Crippen molar-refractivity contribution in [3.8, 4) is 0 Å². The van der Waals surface area contributed by atoms with E-state index in [1.165, 1.54) is 30.4 Å². The van der Waals surface area contributed by atoms with E-state index >= 15 is 0 Å². The number of nitrogens with zero attached hydrogens (tertiary/aromatic N) is 4. The van der Waals surface area contributed by atoms with Gasteiger partial charge in [-0.05, 0) is 29.9 Å². The van der Waals surface area contributed by atoms with Gasteiger partial charge in [-0.15, -0.1) is 0 Å². The molecule has 0 unspecified atom stereocenters. The third-order valence-corrected chi connectivity index (χ3v) is 4.57. The molecule has 0 amide bonds. The molecule has 1 N–H and O–H groups in total. The number of aromatic nitrogens is 4. The summed E-state index contributed by atoms with van der Waals surface area (Å²) in [4.78, 5) is 8.63. The van der Waals surface area contributed by atoms with E-state index in [2.05, 4.69) is 44.6 Å². The van der Waals surface area contributed by atoms with E-state index in [4.69, 9.17) is 0 Å². The molecule has 5 nitrogen and oxygen atoms in total. The number of rotatable bonds is 4. The van der Waals surface area contributed by atoms with Crippen molar-refractivity contribution in [1.82, 2.24) is 19.7 Å². The molecule has 1 saturated carbocycles. The molecule has 0 saturated heterocycles. The smallest absolute Gasteiger partial charge is 0.155 e. The molecule has 1 aliphatic rings. The van der Waals surface area contributed by atoms with E-state index in [9.17, 15) is 0 Å². The maximum Gasteiger partial charge on any atom is 0.155 e. The first-order chi connectivity index (χ1) is 10.8. The van der Waals surface area contributed by atoms with Gasteiger partial charge in [-0.3, -0.25) is 4.68 Å². The molecule has 22 heavy (non-hydrogen) atoms. The lowest BCUT2D eigenvalue weighted by atomic mass is 9.78.